The number of furan rings is 1. The van der Waals surface area contributed by atoms with E-state index in [0.717, 1.165) is 5.56 Å². The molecule has 0 spiro atoms. The number of hydrogen-bond donors (Lipinski definition) is 2. The number of nitrogens with zero attached hydrogens (tertiary/aromatic N) is 1. The van der Waals surface area contributed by atoms with Gasteiger partial charge in [0.1, 0.15) is 12.2 Å². The second-order valence-corrected chi connectivity index (χ2v) is 4.17. The molecule has 0 saturated carbocycles. The Morgan fingerprint density at radius 3 is 2.55 bits per heavy atom. The first-order chi connectivity index (χ1) is 9.74. The van der Waals surface area contributed by atoms with Gasteiger partial charge in [0.15, 0.2) is 0 Å². The average molecular weight is 273 g/mol. The van der Waals surface area contributed by atoms with Crippen LogP contribution in [0.5, 0.6) is 0 Å². The summed E-state index contributed by atoms with van der Waals surface area (Å²) < 4.78 is 5.07. The summed E-state index contributed by atoms with van der Waals surface area (Å²) in [5, 5.41) is 5.27. The minimum atomic E-state index is -0.343. The topological polar surface area (TPSA) is 84.2 Å². The molecule has 2 aromatic rings. The Labute approximate surface area is 116 Å². The molecule has 6 nitrogen and oxygen atoms in total. The van der Waals surface area contributed by atoms with Crippen LogP contribution >= 0.6 is 0 Å². The minimum absolute atomic E-state index is 0.207. The Bertz CT molecular complexity index is 552. The summed E-state index contributed by atoms with van der Waals surface area (Å²) in [5.74, 6) is -0.0231. The van der Waals surface area contributed by atoms with Crippen LogP contribution in [0.1, 0.15) is 17.7 Å². The second kappa shape index (κ2) is 7.08. The Balaban J connectivity index is 1.67. The van der Waals surface area contributed by atoms with E-state index in [1.165, 1.54) is 6.26 Å². The predicted molar refractivity (Wildman–Crippen MR) is 71.3 cm³/mol. The van der Waals surface area contributed by atoms with E-state index in [9.17, 15) is 9.59 Å². The highest BCUT2D eigenvalue weighted by molar-refractivity contribution is 5.96. The molecule has 2 rings (SSSR count). The highest BCUT2D eigenvalue weighted by Gasteiger charge is 2.09. The lowest BCUT2D eigenvalue weighted by atomic mass is 10.3. The van der Waals surface area contributed by atoms with E-state index in [1.54, 1.807) is 30.6 Å². The zero-order chi connectivity index (χ0) is 14.2. The maximum absolute atomic E-state index is 11.6. The van der Waals surface area contributed by atoms with Gasteiger partial charge in [0, 0.05) is 18.9 Å². The van der Waals surface area contributed by atoms with E-state index in [-0.39, 0.29) is 24.8 Å². The van der Waals surface area contributed by atoms with Crippen molar-refractivity contribution in [3.05, 3.63) is 54.2 Å². The van der Waals surface area contributed by atoms with Gasteiger partial charge < -0.3 is 15.1 Å². The molecule has 20 heavy (non-hydrogen) atoms. The Hall–Kier alpha value is -2.63. The Morgan fingerprint density at radius 1 is 1.10 bits per heavy atom. The third kappa shape index (κ3) is 4.56. The molecule has 104 valence electrons. The van der Waals surface area contributed by atoms with Gasteiger partial charge in [0.05, 0.1) is 12.8 Å². The van der Waals surface area contributed by atoms with Gasteiger partial charge in [-0.15, -0.1) is 0 Å². The maximum Gasteiger partial charge on any atom is 0.229 e. The number of pyridine rings is 1. The monoisotopic (exact) mass is 273 g/mol. The molecule has 2 N–H and O–H groups in total. The molecule has 0 aliphatic carbocycles. The third-order valence-electron chi connectivity index (χ3n) is 2.57. The normalized spacial score (nSPS) is 10.0. The third-order valence-corrected chi connectivity index (χ3v) is 2.57. The number of carbonyl (C=O) groups is 2. The second-order valence-electron chi connectivity index (χ2n) is 4.17. The van der Waals surface area contributed by atoms with Crippen LogP contribution < -0.4 is 10.6 Å². The zero-order valence-electron chi connectivity index (χ0n) is 10.8. The molecule has 0 saturated heterocycles. The fourth-order valence-corrected chi connectivity index (χ4v) is 1.57. The molecule has 2 aromatic heterocycles. The summed E-state index contributed by atoms with van der Waals surface area (Å²) in [7, 11) is 0. The summed E-state index contributed by atoms with van der Waals surface area (Å²) in [6.45, 7) is 0.639. The highest BCUT2D eigenvalue weighted by Crippen LogP contribution is 1.99. The first-order valence-corrected chi connectivity index (χ1v) is 6.19. The van der Waals surface area contributed by atoms with E-state index >= 15 is 0 Å². The van der Waals surface area contributed by atoms with Crippen LogP contribution in [0.2, 0.25) is 0 Å². The molecule has 0 aromatic carbocycles. The fraction of sp³-hybridized carbons (Fsp3) is 0.214. The molecule has 6 heteroatoms. The van der Waals surface area contributed by atoms with Crippen molar-refractivity contribution >= 4 is 11.8 Å². The lowest BCUT2D eigenvalue weighted by Crippen LogP contribution is -2.31. The quantitative estimate of drug-likeness (QED) is 0.769. The van der Waals surface area contributed by atoms with Crippen molar-refractivity contribution in [2.24, 2.45) is 0 Å². The maximum atomic E-state index is 11.6. The van der Waals surface area contributed by atoms with Crippen molar-refractivity contribution in [3.8, 4) is 0 Å². The summed E-state index contributed by atoms with van der Waals surface area (Å²) in [4.78, 5) is 27.0. The molecule has 0 aliphatic rings. The molecule has 0 aliphatic heterocycles. The minimum Gasteiger partial charge on any atom is -0.467 e. The first kappa shape index (κ1) is 13.8. The number of rotatable bonds is 6. The number of hydrogen-bond acceptors (Lipinski definition) is 4. The summed E-state index contributed by atoms with van der Waals surface area (Å²) in [5.41, 5.74) is 0.886. The zero-order valence-corrected chi connectivity index (χ0v) is 10.8. The van der Waals surface area contributed by atoms with Gasteiger partial charge in [-0.05, 0) is 23.8 Å². The fourth-order valence-electron chi connectivity index (χ4n) is 1.57. The molecule has 0 atom stereocenters. The van der Waals surface area contributed by atoms with Gasteiger partial charge in [-0.2, -0.15) is 0 Å². The highest BCUT2D eigenvalue weighted by atomic mass is 16.3. The summed E-state index contributed by atoms with van der Waals surface area (Å²) >= 11 is 0. The SMILES string of the molecule is O=C(CC(=O)NCc1ccco1)NCc1cccnc1. The van der Waals surface area contributed by atoms with Crippen molar-refractivity contribution in [1.82, 2.24) is 15.6 Å². The molecular weight excluding hydrogens is 258 g/mol. The largest absolute Gasteiger partial charge is 0.467 e. The van der Waals surface area contributed by atoms with Crippen LogP contribution in [0.3, 0.4) is 0 Å². The molecule has 0 bridgehead atoms. The van der Waals surface area contributed by atoms with Gasteiger partial charge >= 0.3 is 0 Å². The lowest BCUT2D eigenvalue weighted by molar-refractivity contribution is -0.129. The Kier molecular flexibility index (Phi) is 4.88. The standard InChI is InChI=1S/C14H15N3O3/c18-13(16-9-11-3-1-5-15-8-11)7-14(19)17-10-12-4-2-6-20-12/h1-6,8H,7,9-10H2,(H,16,18)(H,17,19). The van der Waals surface area contributed by atoms with Crippen molar-refractivity contribution in [1.29, 1.82) is 0 Å². The predicted octanol–water partition coefficient (Wildman–Crippen LogP) is 0.997. The van der Waals surface area contributed by atoms with Crippen LogP contribution in [-0.2, 0) is 22.7 Å². The van der Waals surface area contributed by atoms with Gasteiger partial charge in [0.2, 0.25) is 11.8 Å². The smallest absolute Gasteiger partial charge is 0.229 e. The number of aromatic nitrogens is 1. The van der Waals surface area contributed by atoms with E-state index in [2.05, 4.69) is 15.6 Å². The molecule has 0 fully saturated rings. The van der Waals surface area contributed by atoms with Crippen molar-refractivity contribution in [2.45, 2.75) is 19.5 Å². The van der Waals surface area contributed by atoms with E-state index in [4.69, 9.17) is 4.42 Å². The van der Waals surface area contributed by atoms with Gasteiger partial charge in [0.25, 0.3) is 0 Å². The van der Waals surface area contributed by atoms with Crippen molar-refractivity contribution in [3.63, 3.8) is 0 Å². The van der Waals surface area contributed by atoms with E-state index < -0.39 is 0 Å². The van der Waals surface area contributed by atoms with Crippen LogP contribution in [-0.4, -0.2) is 16.8 Å². The van der Waals surface area contributed by atoms with E-state index in [0.29, 0.717) is 12.3 Å². The van der Waals surface area contributed by atoms with Crippen molar-refractivity contribution < 1.29 is 14.0 Å². The first-order valence-electron chi connectivity index (χ1n) is 6.19. The van der Waals surface area contributed by atoms with Gasteiger partial charge in [-0.25, -0.2) is 0 Å². The lowest BCUT2D eigenvalue weighted by Gasteiger charge is -2.05. The van der Waals surface area contributed by atoms with Crippen LogP contribution in [0, 0.1) is 0 Å². The average Bonchev–Trinajstić information content (AvgIpc) is 2.97. The molecule has 2 amide bonds. The Morgan fingerprint density at radius 2 is 1.90 bits per heavy atom. The number of carbonyl (C=O) groups excluding carboxylic acids is 2. The van der Waals surface area contributed by atoms with E-state index in [1.807, 2.05) is 6.07 Å². The summed E-state index contributed by atoms with van der Waals surface area (Å²) in [6.07, 6.45) is 4.65. The number of amides is 2. The van der Waals surface area contributed by atoms with Gasteiger partial charge in [-0.1, -0.05) is 6.07 Å². The van der Waals surface area contributed by atoms with Crippen molar-refractivity contribution in [2.75, 3.05) is 0 Å². The molecular formula is C14H15N3O3. The summed E-state index contributed by atoms with van der Waals surface area (Å²) in [6, 6.07) is 7.13. The molecule has 0 unspecified atom stereocenters. The molecule has 0 radical (unpaired) electrons. The number of nitrogens with one attached hydrogen (secondary N) is 2. The van der Waals surface area contributed by atoms with Crippen LogP contribution in [0.4, 0.5) is 0 Å². The van der Waals surface area contributed by atoms with Gasteiger partial charge in [-0.3, -0.25) is 14.6 Å². The van der Waals surface area contributed by atoms with Crippen LogP contribution in [0.25, 0.3) is 0 Å². The molecule has 2 heterocycles. The van der Waals surface area contributed by atoms with Crippen LogP contribution in [0.15, 0.2) is 47.3 Å².